The molecule has 1 aliphatic rings. The molecule has 5 nitrogen and oxygen atoms in total. The summed E-state index contributed by atoms with van der Waals surface area (Å²) in [5.41, 5.74) is 2.80. The van der Waals surface area contributed by atoms with Crippen molar-refractivity contribution < 1.29 is 14.3 Å². The van der Waals surface area contributed by atoms with Gasteiger partial charge in [-0.3, -0.25) is 4.79 Å². The van der Waals surface area contributed by atoms with Crippen LogP contribution in [0.25, 0.3) is 6.08 Å². The van der Waals surface area contributed by atoms with Crippen LogP contribution >= 0.6 is 27.7 Å². The van der Waals surface area contributed by atoms with Gasteiger partial charge >= 0.3 is 0 Å². The van der Waals surface area contributed by atoms with Crippen molar-refractivity contribution in [1.82, 2.24) is 5.32 Å². The Kier molecular flexibility index (Phi) is 6.23. The molecular formula is C20H19BrN2O3S. The number of rotatable bonds is 5. The zero-order valence-corrected chi connectivity index (χ0v) is 17.6. The lowest BCUT2D eigenvalue weighted by Gasteiger charge is -2.12. The fourth-order valence-electron chi connectivity index (χ4n) is 2.48. The number of hydrogen-bond donors (Lipinski definition) is 1. The lowest BCUT2D eigenvalue weighted by atomic mass is 10.2. The van der Waals surface area contributed by atoms with Gasteiger partial charge in [-0.1, -0.05) is 17.7 Å². The standard InChI is InChI=1S/C20H19BrN2O3S/c1-4-26-18-15(21)9-13(10-16(18)25-3)11-17-19(24)23-20(27-17)22-14-7-5-12(2)6-8-14/h5-11H,4H2,1-3H3,(H,22,23,24)/b17-11-. The quantitative estimate of drug-likeness (QED) is 0.652. The van der Waals surface area contributed by atoms with Crippen LogP contribution < -0.4 is 14.8 Å². The van der Waals surface area contributed by atoms with E-state index in [1.807, 2.05) is 50.2 Å². The van der Waals surface area contributed by atoms with E-state index in [1.54, 1.807) is 13.2 Å². The van der Waals surface area contributed by atoms with Gasteiger partial charge < -0.3 is 14.8 Å². The number of halogens is 1. The summed E-state index contributed by atoms with van der Waals surface area (Å²) in [6.07, 6.45) is 1.81. The molecule has 27 heavy (non-hydrogen) atoms. The highest BCUT2D eigenvalue weighted by Crippen LogP contribution is 2.38. The molecule has 0 atom stereocenters. The van der Waals surface area contributed by atoms with Crippen molar-refractivity contribution in [2.45, 2.75) is 13.8 Å². The molecule has 3 rings (SSSR count). The molecule has 0 aliphatic carbocycles. The van der Waals surface area contributed by atoms with Crippen LogP contribution in [0, 0.1) is 6.92 Å². The van der Waals surface area contributed by atoms with E-state index in [4.69, 9.17) is 9.47 Å². The number of thioether (sulfide) groups is 1. The molecule has 0 aromatic heterocycles. The second-order valence-electron chi connectivity index (χ2n) is 5.78. The maximum atomic E-state index is 12.3. The SMILES string of the molecule is CCOc1c(Br)cc(/C=C2\SC(=Nc3ccc(C)cc3)NC2=O)cc1OC. The Bertz CT molecular complexity index is 924. The van der Waals surface area contributed by atoms with Crippen LogP contribution in [0.2, 0.25) is 0 Å². The summed E-state index contributed by atoms with van der Waals surface area (Å²) >= 11 is 4.81. The number of amides is 1. The van der Waals surface area contributed by atoms with Gasteiger partial charge in [0.25, 0.3) is 5.91 Å². The predicted molar refractivity (Wildman–Crippen MR) is 114 cm³/mol. The van der Waals surface area contributed by atoms with E-state index in [9.17, 15) is 4.79 Å². The molecule has 0 saturated carbocycles. The lowest BCUT2D eigenvalue weighted by Crippen LogP contribution is -2.19. The van der Waals surface area contributed by atoms with Gasteiger partial charge in [0, 0.05) is 0 Å². The molecule has 2 aromatic rings. The molecule has 1 fully saturated rings. The summed E-state index contributed by atoms with van der Waals surface area (Å²) in [6, 6.07) is 11.5. The van der Waals surface area contributed by atoms with Crippen LogP contribution in [0.1, 0.15) is 18.1 Å². The number of carbonyl (C=O) groups is 1. The van der Waals surface area contributed by atoms with Crippen LogP contribution in [0.3, 0.4) is 0 Å². The fraction of sp³-hybridized carbons (Fsp3) is 0.200. The van der Waals surface area contributed by atoms with Crippen molar-refractivity contribution in [3.8, 4) is 11.5 Å². The van der Waals surface area contributed by atoms with Gasteiger partial charge in [0.05, 0.1) is 28.8 Å². The topological polar surface area (TPSA) is 59.9 Å². The number of nitrogens with zero attached hydrogens (tertiary/aromatic N) is 1. The van der Waals surface area contributed by atoms with Crippen LogP contribution in [0.15, 0.2) is 50.8 Å². The lowest BCUT2D eigenvalue weighted by molar-refractivity contribution is -0.115. The maximum absolute atomic E-state index is 12.3. The number of amidine groups is 1. The third-order valence-corrected chi connectivity index (χ3v) is 5.25. The Morgan fingerprint density at radius 3 is 2.67 bits per heavy atom. The molecule has 1 heterocycles. The highest BCUT2D eigenvalue weighted by Gasteiger charge is 2.24. The average molecular weight is 447 g/mol. The first kappa shape index (κ1) is 19.5. The largest absolute Gasteiger partial charge is 0.493 e. The van der Waals surface area contributed by atoms with Crippen LogP contribution in [0.4, 0.5) is 5.69 Å². The first-order valence-corrected chi connectivity index (χ1v) is 9.97. The van der Waals surface area contributed by atoms with Gasteiger partial charge in [0.2, 0.25) is 0 Å². The van der Waals surface area contributed by atoms with Crippen LogP contribution in [-0.4, -0.2) is 24.8 Å². The number of benzene rings is 2. The number of nitrogens with one attached hydrogen (secondary N) is 1. The van der Waals surface area contributed by atoms with E-state index in [-0.39, 0.29) is 5.91 Å². The second kappa shape index (κ2) is 8.63. The van der Waals surface area contributed by atoms with E-state index < -0.39 is 0 Å². The molecular weight excluding hydrogens is 428 g/mol. The van der Waals surface area contributed by atoms with Gasteiger partial charge in [-0.15, -0.1) is 0 Å². The van der Waals surface area contributed by atoms with Crippen molar-refractivity contribution in [3.63, 3.8) is 0 Å². The number of aryl methyl sites for hydroxylation is 1. The van der Waals surface area contributed by atoms with Gasteiger partial charge in [0.1, 0.15) is 0 Å². The van der Waals surface area contributed by atoms with Crippen molar-refractivity contribution in [2.75, 3.05) is 13.7 Å². The smallest absolute Gasteiger partial charge is 0.264 e. The van der Waals surface area contributed by atoms with Crippen molar-refractivity contribution in [1.29, 1.82) is 0 Å². The fourth-order valence-corrected chi connectivity index (χ4v) is 3.89. The molecule has 1 N–H and O–H groups in total. The minimum atomic E-state index is -0.171. The van der Waals surface area contributed by atoms with E-state index in [2.05, 4.69) is 26.2 Å². The van der Waals surface area contributed by atoms with E-state index in [0.717, 1.165) is 21.3 Å². The van der Waals surface area contributed by atoms with Crippen molar-refractivity contribution >= 4 is 50.5 Å². The Hall–Kier alpha value is -2.25. The molecule has 140 valence electrons. The van der Waals surface area contributed by atoms with Gasteiger partial charge in [-0.05, 0) is 77.4 Å². The normalized spacial score (nSPS) is 16.7. The Labute approximate surface area is 171 Å². The summed E-state index contributed by atoms with van der Waals surface area (Å²) in [6.45, 7) is 4.47. The first-order chi connectivity index (χ1) is 13.0. The zero-order chi connectivity index (χ0) is 19.4. The van der Waals surface area contributed by atoms with Crippen LogP contribution in [0.5, 0.6) is 11.5 Å². The molecule has 2 aromatic carbocycles. The monoisotopic (exact) mass is 446 g/mol. The van der Waals surface area contributed by atoms with Gasteiger partial charge in [-0.25, -0.2) is 4.99 Å². The minimum Gasteiger partial charge on any atom is -0.493 e. The predicted octanol–water partition coefficient (Wildman–Crippen LogP) is 5.06. The van der Waals surface area contributed by atoms with Crippen molar-refractivity contribution in [2.24, 2.45) is 4.99 Å². The summed E-state index contributed by atoms with van der Waals surface area (Å²) in [5.74, 6) is 1.08. The summed E-state index contributed by atoms with van der Waals surface area (Å²) in [5, 5.41) is 3.36. The third-order valence-electron chi connectivity index (χ3n) is 3.75. The molecule has 0 radical (unpaired) electrons. The third kappa shape index (κ3) is 4.73. The first-order valence-electron chi connectivity index (χ1n) is 8.36. The Morgan fingerprint density at radius 2 is 2.00 bits per heavy atom. The molecule has 0 unspecified atom stereocenters. The molecule has 0 spiro atoms. The molecule has 7 heteroatoms. The van der Waals surface area contributed by atoms with E-state index in [0.29, 0.717) is 28.2 Å². The molecule has 0 bridgehead atoms. The molecule has 1 aliphatic heterocycles. The van der Waals surface area contributed by atoms with E-state index >= 15 is 0 Å². The number of hydrogen-bond acceptors (Lipinski definition) is 5. The number of methoxy groups -OCH3 is 1. The Morgan fingerprint density at radius 1 is 1.26 bits per heavy atom. The summed E-state index contributed by atoms with van der Waals surface area (Å²) in [7, 11) is 1.59. The van der Waals surface area contributed by atoms with E-state index in [1.165, 1.54) is 11.8 Å². The average Bonchev–Trinajstić information content (AvgIpc) is 2.98. The van der Waals surface area contributed by atoms with Gasteiger partial charge in [0.15, 0.2) is 16.7 Å². The minimum absolute atomic E-state index is 0.171. The number of ether oxygens (including phenoxy) is 2. The van der Waals surface area contributed by atoms with Crippen LogP contribution in [-0.2, 0) is 4.79 Å². The maximum Gasteiger partial charge on any atom is 0.264 e. The van der Waals surface area contributed by atoms with Gasteiger partial charge in [-0.2, -0.15) is 0 Å². The Balaban J connectivity index is 1.86. The zero-order valence-electron chi connectivity index (χ0n) is 15.2. The molecule has 1 saturated heterocycles. The number of carbonyl (C=O) groups excluding carboxylic acids is 1. The van der Waals surface area contributed by atoms with Crippen molar-refractivity contribution in [3.05, 3.63) is 56.9 Å². The highest BCUT2D eigenvalue weighted by molar-refractivity contribution is 9.10. The highest BCUT2D eigenvalue weighted by atomic mass is 79.9. The number of aliphatic imine (C=N–C) groups is 1. The summed E-state index contributed by atoms with van der Waals surface area (Å²) < 4.78 is 11.8. The summed E-state index contributed by atoms with van der Waals surface area (Å²) in [4.78, 5) is 17.3. The molecule has 1 amide bonds. The second-order valence-corrected chi connectivity index (χ2v) is 7.67.